The lowest BCUT2D eigenvalue weighted by atomic mass is 10.1. The second kappa shape index (κ2) is 8.92. The Morgan fingerprint density at radius 2 is 2.12 bits per heavy atom. The normalized spacial score (nSPS) is 13.2. The Morgan fingerprint density at radius 1 is 1.46 bits per heavy atom. The van der Waals surface area contributed by atoms with Gasteiger partial charge in [-0.3, -0.25) is 9.59 Å². The molecule has 24 heavy (non-hydrogen) atoms. The van der Waals surface area contributed by atoms with E-state index in [0.29, 0.717) is 6.21 Å². The van der Waals surface area contributed by atoms with Crippen molar-refractivity contribution >= 4 is 23.9 Å². The molecule has 1 aromatic rings. The first-order valence-electron chi connectivity index (χ1n) is 7.44. The number of esters is 1. The number of amides is 1. The van der Waals surface area contributed by atoms with E-state index in [1.165, 1.54) is 12.5 Å². The van der Waals surface area contributed by atoms with Crippen LogP contribution in [-0.2, 0) is 26.2 Å². The molecule has 1 aromatic heterocycles. The number of rotatable bonds is 9. The maximum absolute atomic E-state index is 12.1. The average Bonchev–Trinajstić information content (AvgIpc) is 2.95. The Labute approximate surface area is 139 Å². The van der Waals surface area contributed by atoms with Gasteiger partial charge in [0.1, 0.15) is 6.04 Å². The van der Waals surface area contributed by atoms with Crippen LogP contribution in [0, 0.1) is 5.41 Å². The Hall–Kier alpha value is -2.55. The first-order chi connectivity index (χ1) is 11.2. The molecule has 132 valence electrons. The van der Waals surface area contributed by atoms with E-state index in [1.54, 1.807) is 25.5 Å². The van der Waals surface area contributed by atoms with Gasteiger partial charge in [0.15, 0.2) is 11.9 Å². The van der Waals surface area contributed by atoms with Gasteiger partial charge >= 0.3 is 5.97 Å². The number of carbonyl (C=O) groups excluding carboxylic acids is 3. The summed E-state index contributed by atoms with van der Waals surface area (Å²) in [6.07, 6.45) is 1.50. The van der Waals surface area contributed by atoms with Crippen LogP contribution < -0.4 is 5.32 Å². The van der Waals surface area contributed by atoms with Crippen molar-refractivity contribution in [3.63, 3.8) is 0 Å². The number of nitrogens with zero attached hydrogens (tertiary/aromatic N) is 2. The van der Waals surface area contributed by atoms with Crippen molar-refractivity contribution in [3.05, 3.63) is 18.2 Å². The molecule has 0 bridgehead atoms. The molecule has 2 atom stereocenters. The topological polar surface area (TPSA) is 134 Å². The standard InChI is InChI=1S/C15H22N4O5/c1-9(2)24-15(23)11(5-4-10(20)6-16)18-14(22)13(21)12-7-19(3)8-17-12/h6-9,11,13,16,21H,4-5H2,1-3H3,(H,18,22)/t11-,13+/m0/s1. The minimum Gasteiger partial charge on any atom is -0.461 e. The van der Waals surface area contributed by atoms with Crippen molar-refractivity contribution in [3.8, 4) is 0 Å². The first kappa shape index (κ1) is 19.5. The van der Waals surface area contributed by atoms with Gasteiger partial charge in [-0.2, -0.15) is 0 Å². The highest BCUT2D eigenvalue weighted by atomic mass is 16.5. The van der Waals surface area contributed by atoms with Crippen molar-refractivity contribution in [1.82, 2.24) is 14.9 Å². The molecule has 0 saturated carbocycles. The number of hydrogen-bond acceptors (Lipinski definition) is 7. The van der Waals surface area contributed by atoms with Crippen LogP contribution in [0.2, 0.25) is 0 Å². The van der Waals surface area contributed by atoms with E-state index in [9.17, 15) is 19.5 Å². The highest BCUT2D eigenvalue weighted by molar-refractivity contribution is 6.26. The van der Waals surface area contributed by atoms with Gasteiger partial charge in [-0.1, -0.05) is 0 Å². The quantitative estimate of drug-likeness (QED) is 0.425. The molecule has 9 nitrogen and oxygen atoms in total. The van der Waals surface area contributed by atoms with Gasteiger partial charge in [0, 0.05) is 19.7 Å². The van der Waals surface area contributed by atoms with E-state index in [4.69, 9.17) is 10.1 Å². The molecule has 0 unspecified atom stereocenters. The number of Topliss-reactive ketones (excluding diaryl/α,β-unsaturated/α-hetero) is 1. The zero-order chi connectivity index (χ0) is 18.3. The molecule has 0 aliphatic carbocycles. The number of nitrogens with one attached hydrogen (secondary N) is 2. The molecule has 0 spiro atoms. The summed E-state index contributed by atoms with van der Waals surface area (Å²) in [5.74, 6) is -2.00. The van der Waals surface area contributed by atoms with E-state index in [1.807, 2.05) is 0 Å². The van der Waals surface area contributed by atoms with Gasteiger partial charge < -0.3 is 25.1 Å². The van der Waals surface area contributed by atoms with Gasteiger partial charge in [-0.15, -0.1) is 0 Å². The van der Waals surface area contributed by atoms with Crippen LogP contribution in [0.25, 0.3) is 0 Å². The summed E-state index contributed by atoms with van der Waals surface area (Å²) in [6, 6.07) is -1.10. The molecule has 0 aliphatic rings. The number of ketones is 1. The molecule has 0 radical (unpaired) electrons. The third kappa shape index (κ3) is 5.92. The summed E-state index contributed by atoms with van der Waals surface area (Å²) in [6.45, 7) is 3.31. The summed E-state index contributed by atoms with van der Waals surface area (Å²) in [5.41, 5.74) is 0.140. The fourth-order valence-electron chi connectivity index (χ4n) is 1.88. The van der Waals surface area contributed by atoms with Gasteiger partial charge in [-0.05, 0) is 20.3 Å². The number of carbonyl (C=O) groups is 3. The lowest BCUT2D eigenvalue weighted by Gasteiger charge is -2.20. The molecule has 0 saturated heterocycles. The zero-order valence-electron chi connectivity index (χ0n) is 13.9. The summed E-state index contributed by atoms with van der Waals surface area (Å²) >= 11 is 0. The number of aliphatic hydroxyl groups is 1. The van der Waals surface area contributed by atoms with Crippen molar-refractivity contribution in [1.29, 1.82) is 5.41 Å². The number of aromatic nitrogens is 2. The minimum atomic E-state index is -1.54. The lowest BCUT2D eigenvalue weighted by molar-refractivity contribution is -0.152. The highest BCUT2D eigenvalue weighted by Crippen LogP contribution is 2.11. The van der Waals surface area contributed by atoms with Crippen LogP contribution in [0.1, 0.15) is 38.5 Å². The molecule has 0 aliphatic heterocycles. The predicted octanol–water partition coefficient (Wildman–Crippen LogP) is -0.111. The number of imidazole rings is 1. The summed E-state index contributed by atoms with van der Waals surface area (Å²) < 4.78 is 6.61. The Balaban J connectivity index is 2.77. The molecule has 1 rings (SSSR count). The molecule has 0 fully saturated rings. The molecular weight excluding hydrogens is 316 g/mol. The molecular formula is C15H22N4O5. The third-order valence-corrected chi connectivity index (χ3v) is 3.05. The van der Waals surface area contributed by atoms with E-state index in [-0.39, 0.29) is 18.5 Å². The number of ether oxygens (including phenoxy) is 1. The average molecular weight is 338 g/mol. The van der Waals surface area contributed by atoms with Crippen LogP contribution in [0.4, 0.5) is 0 Å². The maximum Gasteiger partial charge on any atom is 0.328 e. The summed E-state index contributed by atoms with van der Waals surface area (Å²) in [7, 11) is 1.69. The van der Waals surface area contributed by atoms with Crippen LogP contribution in [0.3, 0.4) is 0 Å². The minimum absolute atomic E-state index is 0.0273. The summed E-state index contributed by atoms with van der Waals surface area (Å²) in [5, 5.41) is 19.2. The Morgan fingerprint density at radius 3 is 2.62 bits per heavy atom. The van der Waals surface area contributed by atoms with Gasteiger partial charge in [0.05, 0.1) is 24.3 Å². The second-order valence-corrected chi connectivity index (χ2v) is 5.56. The Kier molecular flexibility index (Phi) is 7.25. The SMILES string of the molecule is CC(C)OC(=O)[C@H](CCC(=O)C=N)NC(=O)[C@H](O)c1cn(C)cn1. The van der Waals surface area contributed by atoms with Crippen molar-refractivity contribution < 1.29 is 24.2 Å². The maximum atomic E-state index is 12.1. The largest absolute Gasteiger partial charge is 0.461 e. The number of aryl methyl sites for hydroxylation is 1. The highest BCUT2D eigenvalue weighted by Gasteiger charge is 2.28. The lowest BCUT2D eigenvalue weighted by Crippen LogP contribution is -2.44. The smallest absolute Gasteiger partial charge is 0.328 e. The fourth-order valence-corrected chi connectivity index (χ4v) is 1.88. The van der Waals surface area contributed by atoms with Crippen LogP contribution in [0.5, 0.6) is 0 Å². The molecule has 3 N–H and O–H groups in total. The van der Waals surface area contributed by atoms with Gasteiger partial charge in [-0.25, -0.2) is 9.78 Å². The van der Waals surface area contributed by atoms with E-state index >= 15 is 0 Å². The van der Waals surface area contributed by atoms with Crippen molar-refractivity contribution in [2.24, 2.45) is 7.05 Å². The molecule has 0 aromatic carbocycles. The third-order valence-electron chi connectivity index (χ3n) is 3.05. The Bertz CT molecular complexity index is 611. The van der Waals surface area contributed by atoms with Crippen LogP contribution >= 0.6 is 0 Å². The van der Waals surface area contributed by atoms with E-state index < -0.39 is 35.9 Å². The van der Waals surface area contributed by atoms with E-state index in [2.05, 4.69) is 10.3 Å². The van der Waals surface area contributed by atoms with E-state index in [0.717, 1.165) is 0 Å². The fraction of sp³-hybridized carbons (Fsp3) is 0.533. The van der Waals surface area contributed by atoms with Crippen LogP contribution in [0.15, 0.2) is 12.5 Å². The van der Waals surface area contributed by atoms with Crippen LogP contribution in [-0.4, -0.2) is 50.7 Å². The first-order valence-corrected chi connectivity index (χ1v) is 7.44. The van der Waals surface area contributed by atoms with Gasteiger partial charge in [0.2, 0.25) is 0 Å². The summed E-state index contributed by atoms with van der Waals surface area (Å²) in [4.78, 5) is 39.3. The molecule has 1 heterocycles. The number of aliphatic hydroxyl groups excluding tert-OH is 1. The number of hydrogen-bond donors (Lipinski definition) is 3. The molecule has 1 amide bonds. The monoisotopic (exact) mass is 338 g/mol. The second-order valence-electron chi connectivity index (χ2n) is 5.56. The molecule has 9 heteroatoms. The predicted molar refractivity (Wildman–Crippen MR) is 84.4 cm³/mol. The van der Waals surface area contributed by atoms with Crippen molar-refractivity contribution in [2.75, 3.05) is 0 Å². The van der Waals surface area contributed by atoms with Gasteiger partial charge in [0.25, 0.3) is 5.91 Å². The zero-order valence-corrected chi connectivity index (χ0v) is 13.9. The van der Waals surface area contributed by atoms with Crippen molar-refractivity contribution in [2.45, 2.75) is 44.9 Å².